The van der Waals surface area contributed by atoms with E-state index in [0.29, 0.717) is 30.5 Å². The van der Waals surface area contributed by atoms with Crippen molar-refractivity contribution in [2.75, 3.05) is 73.2 Å². The van der Waals surface area contributed by atoms with Crippen LogP contribution in [0, 0.1) is 0 Å². The Morgan fingerprint density at radius 3 is 1.68 bits per heavy atom. The number of carbonyl (C=O) groups is 1. The van der Waals surface area contributed by atoms with Crippen LogP contribution in [0.4, 0.5) is 4.79 Å². The fourth-order valence-electron chi connectivity index (χ4n) is 3.48. The van der Waals surface area contributed by atoms with E-state index in [0.717, 1.165) is 37.0 Å². The van der Waals surface area contributed by atoms with Crippen LogP contribution in [0.15, 0.2) is 0 Å². The Hall–Kier alpha value is -0.900. The molecule has 0 aromatic rings. The van der Waals surface area contributed by atoms with Gasteiger partial charge >= 0.3 is 6.09 Å². The number of ether oxygens (including phenoxy) is 1. The van der Waals surface area contributed by atoms with Crippen LogP contribution in [0.3, 0.4) is 0 Å². The molecule has 0 radical (unpaired) electrons. The number of amides is 1. The topological polar surface area (TPSA) is 86.7 Å². The summed E-state index contributed by atoms with van der Waals surface area (Å²) in [7, 11) is 4.33. The van der Waals surface area contributed by atoms with E-state index in [1.165, 1.54) is 12.8 Å². The zero-order valence-corrected chi connectivity index (χ0v) is 22.1. The molecule has 31 heavy (non-hydrogen) atoms. The molecule has 0 aromatic carbocycles. The summed E-state index contributed by atoms with van der Waals surface area (Å²) < 4.78 is 39.6. The third kappa shape index (κ3) is 17.3. The second kappa shape index (κ2) is 13.0. The van der Waals surface area contributed by atoms with Gasteiger partial charge in [0.1, 0.15) is 5.60 Å². The molecule has 0 N–H and O–H groups in total. The molecule has 0 fully saturated rings. The first-order valence-corrected chi connectivity index (χ1v) is 13.1. The molecule has 0 heterocycles. The van der Waals surface area contributed by atoms with Gasteiger partial charge < -0.3 is 23.2 Å². The number of nitrogens with zero attached hydrogens (tertiary/aromatic N) is 3. The zero-order chi connectivity index (χ0) is 24.3. The number of carbonyl (C=O) groups excluding carboxylic acids is 1. The van der Waals surface area contributed by atoms with Crippen molar-refractivity contribution >= 4 is 16.2 Å². The number of unbranched alkanes of at least 4 members (excludes halogenated alkanes) is 1. The van der Waals surface area contributed by atoms with E-state index in [2.05, 4.69) is 21.0 Å². The second-order valence-electron chi connectivity index (χ2n) is 10.9. The smallest absolute Gasteiger partial charge is 0.410 e. The highest BCUT2D eigenvalue weighted by molar-refractivity contribution is 7.85. The highest BCUT2D eigenvalue weighted by Gasteiger charge is 2.24. The Labute approximate surface area is 191 Å². The van der Waals surface area contributed by atoms with Gasteiger partial charge in [0, 0.05) is 38.1 Å². The molecule has 0 aliphatic heterocycles. The molecule has 0 spiro atoms. The minimum Gasteiger partial charge on any atom is -0.748 e. The maximum atomic E-state index is 12.7. The molecular weight excluding hydrogens is 418 g/mol. The Morgan fingerprint density at radius 2 is 1.29 bits per heavy atom. The predicted octanol–water partition coefficient (Wildman–Crippen LogP) is 2.89. The van der Waals surface area contributed by atoms with Gasteiger partial charge in [0.25, 0.3) is 0 Å². The molecule has 0 atom stereocenters. The molecule has 1 amide bonds. The highest BCUT2D eigenvalue weighted by Crippen LogP contribution is 2.12. The van der Waals surface area contributed by atoms with Gasteiger partial charge in [0.2, 0.25) is 0 Å². The van der Waals surface area contributed by atoms with E-state index in [1.807, 2.05) is 34.9 Å². The SMILES string of the molecule is CCCC[N+](C)(C)CCCN(CCC[N+](C)(C)CCCS(=O)(=O)[O-])C(=O)OC(C)(C)C. The molecule has 8 nitrogen and oxygen atoms in total. The summed E-state index contributed by atoms with van der Waals surface area (Å²) in [5.74, 6) is -0.329. The van der Waals surface area contributed by atoms with Gasteiger partial charge in [-0.25, -0.2) is 13.2 Å². The van der Waals surface area contributed by atoms with Gasteiger partial charge in [-0.2, -0.15) is 0 Å². The maximum Gasteiger partial charge on any atom is 0.410 e. The van der Waals surface area contributed by atoms with Crippen molar-refractivity contribution in [3.63, 3.8) is 0 Å². The molecule has 0 aromatic heterocycles. The number of hydrogen-bond donors (Lipinski definition) is 0. The maximum absolute atomic E-state index is 12.7. The summed E-state index contributed by atoms with van der Waals surface area (Å²) in [5.41, 5.74) is -0.537. The fraction of sp³-hybridized carbons (Fsp3) is 0.955. The fourth-order valence-corrected chi connectivity index (χ4v) is 3.96. The van der Waals surface area contributed by atoms with E-state index >= 15 is 0 Å². The lowest BCUT2D eigenvalue weighted by Gasteiger charge is -2.33. The van der Waals surface area contributed by atoms with Crippen LogP contribution in [0.25, 0.3) is 0 Å². The summed E-state index contributed by atoms with van der Waals surface area (Å²) in [4.78, 5) is 14.5. The molecule has 186 valence electrons. The van der Waals surface area contributed by atoms with Gasteiger partial charge in [-0.05, 0) is 27.2 Å². The predicted molar refractivity (Wildman–Crippen MR) is 125 cm³/mol. The van der Waals surface area contributed by atoms with E-state index in [-0.39, 0.29) is 11.8 Å². The van der Waals surface area contributed by atoms with Gasteiger partial charge in [-0.15, -0.1) is 0 Å². The van der Waals surface area contributed by atoms with Crippen molar-refractivity contribution in [2.45, 2.75) is 65.4 Å². The summed E-state index contributed by atoms with van der Waals surface area (Å²) in [6.07, 6.45) is 4.14. The van der Waals surface area contributed by atoms with Crippen molar-refractivity contribution in [3.8, 4) is 0 Å². The van der Waals surface area contributed by atoms with Crippen molar-refractivity contribution < 1.29 is 31.5 Å². The monoisotopic (exact) mass is 466 g/mol. The van der Waals surface area contributed by atoms with Gasteiger partial charge in [-0.1, -0.05) is 13.3 Å². The van der Waals surface area contributed by atoms with Crippen LogP contribution in [0.1, 0.15) is 59.8 Å². The van der Waals surface area contributed by atoms with E-state index in [1.54, 1.807) is 4.90 Å². The largest absolute Gasteiger partial charge is 0.748 e. The molecular formula is C22H48N3O5S+. The third-order valence-electron chi connectivity index (χ3n) is 5.31. The molecule has 0 aliphatic rings. The van der Waals surface area contributed by atoms with Crippen LogP contribution in [-0.4, -0.2) is 112 Å². The van der Waals surface area contributed by atoms with E-state index in [4.69, 9.17) is 4.74 Å². The first-order chi connectivity index (χ1) is 14.0. The Balaban J connectivity index is 4.75. The average Bonchev–Trinajstić information content (AvgIpc) is 2.55. The average molecular weight is 467 g/mol. The van der Waals surface area contributed by atoms with Gasteiger partial charge in [-0.3, -0.25) is 0 Å². The van der Waals surface area contributed by atoms with E-state index in [9.17, 15) is 17.8 Å². The Morgan fingerprint density at radius 1 is 0.871 bits per heavy atom. The van der Waals surface area contributed by atoms with Crippen molar-refractivity contribution in [3.05, 3.63) is 0 Å². The van der Waals surface area contributed by atoms with Crippen LogP contribution in [0.2, 0.25) is 0 Å². The number of quaternary nitrogens is 2. The number of hydrogen-bond acceptors (Lipinski definition) is 5. The molecule has 0 unspecified atom stereocenters. The van der Waals surface area contributed by atoms with Crippen molar-refractivity contribution in [2.24, 2.45) is 0 Å². The summed E-state index contributed by atoms with van der Waals surface area (Å²) in [6.45, 7) is 12.6. The van der Waals surface area contributed by atoms with Crippen LogP contribution in [-0.2, 0) is 14.9 Å². The zero-order valence-electron chi connectivity index (χ0n) is 21.3. The summed E-state index contributed by atoms with van der Waals surface area (Å²) in [5, 5.41) is 0. The Kier molecular flexibility index (Phi) is 12.6. The lowest BCUT2D eigenvalue weighted by molar-refractivity contribution is -0.890. The summed E-state index contributed by atoms with van der Waals surface area (Å²) in [6, 6.07) is 0. The van der Waals surface area contributed by atoms with Crippen LogP contribution in [0.5, 0.6) is 0 Å². The highest BCUT2D eigenvalue weighted by atomic mass is 32.2. The minimum atomic E-state index is -4.17. The summed E-state index contributed by atoms with van der Waals surface area (Å²) >= 11 is 0. The van der Waals surface area contributed by atoms with Gasteiger partial charge in [0.05, 0.1) is 64.5 Å². The molecule has 0 saturated heterocycles. The van der Waals surface area contributed by atoms with E-state index < -0.39 is 15.7 Å². The van der Waals surface area contributed by atoms with Crippen LogP contribution < -0.4 is 0 Å². The second-order valence-corrected chi connectivity index (χ2v) is 12.4. The normalized spacial score (nSPS) is 13.3. The molecule has 0 saturated carbocycles. The van der Waals surface area contributed by atoms with Gasteiger partial charge in [0.15, 0.2) is 0 Å². The lowest BCUT2D eigenvalue weighted by Crippen LogP contribution is -2.45. The molecule has 9 heteroatoms. The molecule has 0 rings (SSSR count). The molecule has 0 aliphatic carbocycles. The van der Waals surface area contributed by atoms with Crippen molar-refractivity contribution in [1.82, 2.24) is 4.90 Å². The first kappa shape index (κ1) is 30.1. The number of rotatable bonds is 15. The third-order valence-corrected chi connectivity index (χ3v) is 6.10. The lowest BCUT2D eigenvalue weighted by atomic mass is 10.2. The quantitative estimate of drug-likeness (QED) is 0.274. The molecule has 0 bridgehead atoms. The standard InChI is InChI=1S/C22H48N3O5S/c1-9-10-16-24(5,6)17-11-14-23(21(26)30-22(2,3)4)15-12-18-25(7,8)19-13-20-31(27,28)29/h9-20H2,1-8H3/q+1. The first-order valence-electron chi connectivity index (χ1n) is 11.5. The van der Waals surface area contributed by atoms with Crippen LogP contribution >= 0.6 is 0 Å². The Bertz CT molecular complexity index is 628. The minimum absolute atomic E-state index is 0.283. The van der Waals surface area contributed by atoms with Crippen molar-refractivity contribution in [1.29, 1.82) is 0 Å².